The van der Waals surface area contributed by atoms with Gasteiger partial charge in [0.25, 0.3) is 0 Å². The van der Waals surface area contributed by atoms with Crippen molar-refractivity contribution in [2.45, 2.75) is 47.0 Å². The number of H-pyrrole nitrogens is 1. The molecule has 0 radical (unpaired) electrons. The molecule has 0 aliphatic heterocycles. The number of rotatable bonds is 8. The number of carbonyl (C=O) groups excluding carboxylic acids is 1. The Labute approximate surface area is 115 Å². The van der Waals surface area contributed by atoms with Crippen molar-refractivity contribution in [3.05, 3.63) is 22.5 Å². The molecule has 4 heteroatoms. The highest BCUT2D eigenvalue weighted by molar-refractivity contribution is 5.89. The lowest BCUT2D eigenvalue weighted by Crippen LogP contribution is -2.18. The van der Waals surface area contributed by atoms with Gasteiger partial charge in [-0.05, 0) is 57.8 Å². The molecule has 0 unspecified atom stereocenters. The summed E-state index contributed by atoms with van der Waals surface area (Å²) in [4.78, 5) is 14.9. The van der Waals surface area contributed by atoms with E-state index in [1.165, 1.54) is 18.4 Å². The maximum Gasteiger partial charge on any atom is 0.355 e. The largest absolute Gasteiger partial charge is 0.461 e. The van der Waals surface area contributed by atoms with E-state index in [4.69, 9.17) is 4.74 Å². The Balaban J connectivity index is 2.61. The average Bonchev–Trinajstić information content (AvgIpc) is 2.66. The van der Waals surface area contributed by atoms with Crippen molar-refractivity contribution in [1.82, 2.24) is 10.3 Å². The van der Waals surface area contributed by atoms with Gasteiger partial charge in [-0.15, -0.1) is 0 Å². The molecule has 0 aliphatic carbocycles. The van der Waals surface area contributed by atoms with Crippen molar-refractivity contribution in [2.24, 2.45) is 0 Å². The normalized spacial score (nSPS) is 10.7. The number of carbonyl (C=O) groups is 1. The van der Waals surface area contributed by atoms with E-state index in [-0.39, 0.29) is 5.97 Å². The van der Waals surface area contributed by atoms with Gasteiger partial charge in [-0.2, -0.15) is 0 Å². The van der Waals surface area contributed by atoms with Crippen LogP contribution in [0.25, 0.3) is 0 Å². The molecule has 0 amide bonds. The highest BCUT2D eigenvalue weighted by Gasteiger charge is 2.17. The summed E-state index contributed by atoms with van der Waals surface area (Å²) in [6, 6.07) is 0. The van der Waals surface area contributed by atoms with Crippen LogP contribution in [0.5, 0.6) is 0 Å². The van der Waals surface area contributed by atoms with E-state index >= 15 is 0 Å². The molecular formula is C15H26N2O2. The Morgan fingerprint density at radius 1 is 1.26 bits per heavy atom. The van der Waals surface area contributed by atoms with Crippen LogP contribution in [-0.2, 0) is 11.2 Å². The van der Waals surface area contributed by atoms with E-state index in [1.807, 2.05) is 20.8 Å². The fourth-order valence-electron chi connectivity index (χ4n) is 2.21. The van der Waals surface area contributed by atoms with Gasteiger partial charge in [0.15, 0.2) is 0 Å². The first-order valence-electron chi connectivity index (χ1n) is 7.17. The first kappa shape index (κ1) is 15.8. The minimum Gasteiger partial charge on any atom is -0.461 e. The monoisotopic (exact) mass is 266 g/mol. The van der Waals surface area contributed by atoms with E-state index in [0.717, 1.165) is 30.8 Å². The SMILES string of the molecule is CCCCNCCc1c(C)[nH]c(C(=O)OCC)c1C. The van der Waals surface area contributed by atoms with Crippen LogP contribution >= 0.6 is 0 Å². The van der Waals surface area contributed by atoms with Crippen molar-refractivity contribution < 1.29 is 9.53 Å². The van der Waals surface area contributed by atoms with Crippen molar-refractivity contribution in [1.29, 1.82) is 0 Å². The van der Waals surface area contributed by atoms with Gasteiger partial charge in [0.1, 0.15) is 5.69 Å². The Bertz CT molecular complexity index is 411. The Hall–Kier alpha value is -1.29. The number of nitrogens with one attached hydrogen (secondary N) is 2. The number of aromatic nitrogens is 1. The molecular weight excluding hydrogens is 240 g/mol. The third-order valence-electron chi connectivity index (χ3n) is 3.33. The molecule has 2 N–H and O–H groups in total. The number of hydrogen-bond acceptors (Lipinski definition) is 3. The van der Waals surface area contributed by atoms with Gasteiger partial charge in [-0.25, -0.2) is 4.79 Å². The Morgan fingerprint density at radius 2 is 2.00 bits per heavy atom. The quantitative estimate of drug-likeness (QED) is 0.562. The van der Waals surface area contributed by atoms with Gasteiger partial charge < -0.3 is 15.0 Å². The topological polar surface area (TPSA) is 54.1 Å². The van der Waals surface area contributed by atoms with Crippen molar-refractivity contribution in [2.75, 3.05) is 19.7 Å². The van der Waals surface area contributed by atoms with Gasteiger partial charge in [-0.1, -0.05) is 13.3 Å². The second-order valence-corrected chi connectivity index (χ2v) is 4.80. The molecule has 1 heterocycles. The van der Waals surface area contributed by atoms with Crippen LogP contribution in [0, 0.1) is 13.8 Å². The first-order valence-corrected chi connectivity index (χ1v) is 7.17. The summed E-state index contributed by atoms with van der Waals surface area (Å²) in [5.41, 5.74) is 3.92. The van der Waals surface area contributed by atoms with Crippen LogP contribution in [0.15, 0.2) is 0 Å². The lowest BCUT2D eigenvalue weighted by molar-refractivity contribution is 0.0519. The summed E-state index contributed by atoms with van der Waals surface area (Å²) in [6.07, 6.45) is 3.36. The van der Waals surface area contributed by atoms with Crippen LogP contribution in [0.4, 0.5) is 0 Å². The minimum atomic E-state index is -0.256. The second-order valence-electron chi connectivity index (χ2n) is 4.80. The molecule has 0 atom stereocenters. The van der Waals surface area contributed by atoms with Gasteiger partial charge in [0.2, 0.25) is 0 Å². The molecule has 0 aliphatic rings. The van der Waals surface area contributed by atoms with E-state index in [9.17, 15) is 4.79 Å². The zero-order valence-corrected chi connectivity index (χ0v) is 12.6. The highest BCUT2D eigenvalue weighted by Crippen LogP contribution is 2.19. The number of aryl methyl sites for hydroxylation is 1. The van der Waals surface area contributed by atoms with Gasteiger partial charge in [-0.3, -0.25) is 0 Å². The predicted molar refractivity (Wildman–Crippen MR) is 77.7 cm³/mol. The summed E-state index contributed by atoms with van der Waals surface area (Å²) in [6.45, 7) is 10.4. The maximum absolute atomic E-state index is 11.8. The van der Waals surface area contributed by atoms with E-state index in [2.05, 4.69) is 17.2 Å². The van der Waals surface area contributed by atoms with Crippen molar-refractivity contribution >= 4 is 5.97 Å². The smallest absolute Gasteiger partial charge is 0.355 e. The number of hydrogen-bond donors (Lipinski definition) is 2. The van der Waals surface area contributed by atoms with Crippen LogP contribution in [-0.4, -0.2) is 30.6 Å². The molecule has 0 spiro atoms. The fraction of sp³-hybridized carbons (Fsp3) is 0.667. The summed E-state index contributed by atoms with van der Waals surface area (Å²) in [7, 11) is 0. The summed E-state index contributed by atoms with van der Waals surface area (Å²) >= 11 is 0. The number of ether oxygens (including phenoxy) is 1. The molecule has 1 aromatic heterocycles. The standard InChI is InChI=1S/C15H26N2O2/c1-5-7-9-16-10-8-13-11(3)14(17-12(13)4)15(18)19-6-2/h16-17H,5-10H2,1-4H3. The number of esters is 1. The van der Waals surface area contributed by atoms with Crippen LogP contribution in [0.3, 0.4) is 0 Å². The summed E-state index contributed by atoms with van der Waals surface area (Å²) in [5.74, 6) is -0.256. The lowest BCUT2D eigenvalue weighted by atomic mass is 10.1. The molecule has 0 saturated heterocycles. The molecule has 1 rings (SSSR count). The van der Waals surface area contributed by atoms with E-state index in [1.54, 1.807) is 0 Å². The fourth-order valence-corrected chi connectivity index (χ4v) is 2.21. The summed E-state index contributed by atoms with van der Waals surface area (Å²) < 4.78 is 5.05. The van der Waals surface area contributed by atoms with Crippen LogP contribution < -0.4 is 5.32 Å². The van der Waals surface area contributed by atoms with Crippen molar-refractivity contribution in [3.63, 3.8) is 0 Å². The molecule has 0 aromatic carbocycles. The van der Waals surface area contributed by atoms with Crippen LogP contribution in [0.1, 0.15) is 54.0 Å². The molecule has 108 valence electrons. The zero-order chi connectivity index (χ0) is 14.3. The predicted octanol–water partition coefficient (Wildman–Crippen LogP) is 2.74. The third-order valence-corrected chi connectivity index (χ3v) is 3.33. The Kier molecular flexibility index (Phi) is 6.64. The zero-order valence-electron chi connectivity index (χ0n) is 12.6. The van der Waals surface area contributed by atoms with E-state index < -0.39 is 0 Å². The molecule has 0 saturated carbocycles. The van der Waals surface area contributed by atoms with E-state index in [0.29, 0.717) is 12.3 Å². The van der Waals surface area contributed by atoms with Gasteiger partial charge in [0.05, 0.1) is 6.61 Å². The molecule has 1 aromatic rings. The number of unbranched alkanes of at least 4 members (excludes halogenated alkanes) is 1. The molecule has 0 fully saturated rings. The summed E-state index contributed by atoms with van der Waals surface area (Å²) in [5, 5.41) is 3.42. The molecule has 0 bridgehead atoms. The molecule has 4 nitrogen and oxygen atoms in total. The average molecular weight is 266 g/mol. The third kappa shape index (κ3) is 4.39. The first-order chi connectivity index (χ1) is 9.11. The van der Waals surface area contributed by atoms with Crippen molar-refractivity contribution in [3.8, 4) is 0 Å². The Morgan fingerprint density at radius 3 is 2.63 bits per heavy atom. The van der Waals surface area contributed by atoms with Gasteiger partial charge >= 0.3 is 5.97 Å². The minimum absolute atomic E-state index is 0.256. The lowest BCUT2D eigenvalue weighted by Gasteiger charge is -2.05. The maximum atomic E-state index is 11.8. The highest BCUT2D eigenvalue weighted by atomic mass is 16.5. The second kappa shape index (κ2) is 8.00. The van der Waals surface area contributed by atoms with Gasteiger partial charge in [0, 0.05) is 5.69 Å². The molecule has 19 heavy (non-hydrogen) atoms. The number of aromatic amines is 1. The van der Waals surface area contributed by atoms with Crippen LogP contribution in [0.2, 0.25) is 0 Å².